The lowest BCUT2D eigenvalue weighted by molar-refractivity contribution is -0.121. The molecular formula is C25H27ClN2O3S. The summed E-state index contributed by atoms with van der Waals surface area (Å²) in [7, 11) is -3.64. The van der Waals surface area contributed by atoms with Crippen molar-refractivity contribution >= 4 is 27.5 Å². The summed E-state index contributed by atoms with van der Waals surface area (Å²) in [4.78, 5) is 12.5. The molecule has 0 aliphatic rings. The molecule has 32 heavy (non-hydrogen) atoms. The van der Waals surface area contributed by atoms with E-state index in [1.165, 1.54) is 0 Å². The summed E-state index contributed by atoms with van der Waals surface area (Å²) < 4.78 is 28.1. The molecule has 7 heteroatoms. The van der Waals surface area contributed by atoms with Gasteiger partial charge in [0.1, 0.15) is 0 Å². The first-order valence-corrected chi connectivity index (χ1v) is 12.3. The third kappa shape index (κ3) is 6.66. The van der Waals surface area contributed by atoms with Crippen molar-refractivity contribution in [3.63, 3.8) is 0 Å². The molecule has 0 spiro atoms. The van der Waals surface area contributed by atoms with Crippen molar-refractivity contribution < 1.29 is 13.2 Å². The molecule has 0 aliphatic carbocycles. The van der Waals surface area contributed by atoms with E-state index in [2.05, 4.69) is 10.0 Å². The normalized spacial score (nSPS) is 13.3. The highest BCUT2D eigenvalue weighted by molar-refractivity contribution is 7.89. The Labute approximate surface area is 194 Å². The maximum Gasteiger partial charge on any atom is 0.241 e. The number of halogens is 1. The fourth-order valence-corrected chi connectivity index (χ4v) is 4.71. The molecule has 2 N–H and O–H groups in total. The van der Waals surface area contributed by atoms with Gasteiger partial charge in [-0.05, 0) is 61.2 Å². The average molecular weight is 471 g/mol. The molecule has 2 atom stereocenters. The van der Waals surface area contributed by atoms with Gasteiger partial charge in [0.15, 0.2) is 0 Å². The van der Waals surface area contributed by atoms with Crippen molar-refractivity contribution in [2.45, 2.75) is 43.7 Å². The summed E-state index contributed by atoms with van der Waals surface area (Å²) >= 11 is 5.90. The van der Waals surface area contributed by atoms with Crippen molar-refractivity contribution in [3.05, 3.63) is 101 Å². The number of carbonyl (C=O) groups is 1. The van der Waals surface area contributed by atoms with Crippen LogP contribution in [-0.2, 0) is 21.2 Å². The first kappa shape index (κ1) is 24.0. The number of rotatable bonds is 9. The van der Waals surface area contributed by atoms with E-state index in [0.29, 0.717) is 17.9 Å². The number of amides is 1. The van der Waals surface area contributed by atoms with Crippen LogP contribution in [0.4, 0.5) is 0 Å². The molecule has 0 unspecified atom stereocenters. The van der Waals surface area contributed by atoms with Gasteiger partial charge in [-0.2, -0.15) is 0 Å². The Bertz CT molecular complexity index is 1130. The maximum atomic E-state index is 12.7. The van der Waals surface area contributed by atoms with Crippen LogP contribution in [0.25, 0.3) is 0 Å². The first-order chi connectivity index (χ1) is 15.2. The average Bonchev–Trinajstić information content (AvgIpc) is 2.78. The van der Waals surface area contributed by atoms with Gasteiger partial charge in [-0.1, -0.05) is 66.2 Å². The van der Waals surface area contributed by atoms with Gasteiger partial charge >= 0.3 is 0 Å². The maximum absolute atomic E-state index is 12.7. The molecule has 0 bridgehead atoms. The first-order valence-electron chi connectivity index (χ1n) is 10.5. The molecule has 3 aromatic rings. The Morgan fingerprint density at radius 3 is 2.06 bits per heavy atom. The fraction of sp³-hybridized carbons (Fsp3) is 0.240. The topological polar surface area (TPSA) is 75.3 Å². The van der Waals surface area contributed by atoms with Crippen LogP contribution in [0, 0.1) is 0 Å². The van der Waals surface area contributed by atoms with Crippen molar-refractivity contribution in [2.24, 2.45) is 0 Å². The lowest BCUT2D eigenvalue weighted by atomic mass is 10.1. The number of hydrogen-bond donors (Lipinski definition) is 2. The summed E-state index contributed by atoms with van der Waals surface area (Å²) in [5.74, 6) is -0.0671. The second kappa shape index (κ2) is 10.8. The molecule has 0 aliphatic heterocycles. The lowest BCUT2D eigenvalue weighted by Gasteiger charge is -2.15. The van der Waals surface area contributed by atoms with E-state index < -0.39 is 10.0 Å². The van der Waals surface area contributed by atoms with E-state index in [1.54, 1.807) is 36.4 Å². The van der Waals surface area contributed by atoms with Crippen LogP contribution in [0.1, 0.15) is 49.0 Å². The Hall–Kier alpha value is -2.67. The molecule has 5 nitrogen and oxygen atoms in total. The van der Waals surface area contributed by atoms with Gasteiger partial charge in [-0.15, -0.1) is 0 Å². The summed E-state index contributed by atoms with van der Waals surface area (Å²) in [6, 6.07) is 23.0. The summed E-state index contributed by atoms with van der Waals surface area (Å²) in [5, 5.41) is 3.63. The second-order valence-corrected chi connectivity index (χ2v) is 9.89. The molecule has 0 heterocycles. The van der Waals surface area contributed by atoms with Crippen molar-refractivity contribution in [2.75, 3.05) is 0 Å². The Kier molecular flexibility index (Phi) is 8.07. The highest BCUT2D eigenvalue weighted by Gasteiger charge is 2.18. The van der Waals surface area contributed by atoms with Gasteiger partial charge in [-0.3, -0.25) is 4.79 Å². The molecule has 3 rings (SSSR count). The number of nitrogens with one attached hydrogen (secondary N) is 2. The number of aryl methyl sites for hydroxylation is 1. The van der Waals surface area contributed by atoms with E-state index in [-0.39, 0.29) is 22.9 Å². The van der Waals surface area contributed by atoms with Gasteiger partial charge in [0.25, 0.3) is 0 Å². The molecule has 0 radical (unpaired) electrons. The number of carbonyl (C=O) groups excluding carboxylic acids is 1. The van der Waals surface area contributed by atoms with Gasteiger partial charge < -0.3 is 5.32 Å². The van der Waals surface area contributed by atoms with Gasteiger partial charge in [0.2, 0.25) is 15.9 Å². The summed E-state index contributed by atoms with van der Waals surface area (Å²) in [5.41, 5.74) is 2.77. The number of hydrogen-bond acceptors (Lipinski definition) is 3. The van der Waals surface area contributed by atoms with Gasteiger partial charge in [-0.25, -0.2) is 13.1 Å². The minimum atomic E-state index is -3.64. The predicted molar refractivity (Wildman–Crippen MR) is 128 cm³/mol. The predicted octanol–water partition coefficient (Wildman–Crippen LogP) is 5.19. The molecule has 0 aromatic heterocycles. The third-order valence-corrected chi connectivity index (χ3v) is 7.06. The highest BCUT2D eigenvalue weighted by atomic mass is 35.5. The van der Waals surface area contributed by atoms with E-state index in [1.807, 2.05) is 56.3 Å². The number of benzene rings is 3. The molecular weight excluding hydrogens is 444 g/mol. The van der Waals surface area contributed by atoms with Crippen LogP contribution in [0.2, 0.25) is 5.02 Å². The zero-order valence-corrected chi connectivity index (χ0v) is 19.7. The molecule has 168 valence electrons. The van der Waals surface area contributed by atoms with E-state index >= 15 is 0 Å². The molecule has 1 amide bonds. The van der Waals surface area contributed by atoms with Gasteiger partial charge in [0.05, 0.1) is 10.9 Å². The Morgan fingerprint density at radius 2 is 1.44 bits per heavy atom. The minimum absolute atomic E-state index is 0.0671. The highest BCUT2D eigenvalue weighted by Crippen LogP contribution is 2.19. The fourth-order valence-electron chi connectivity index (χ4n) is 3.35. The van der Waals surface area contributed by atoms with Crippen molar-refractivity contribution in [1.82, 2.24) is 10.0 Å². The monoisotopic (exact) mass is 470 g/mol. The third-order valence-electron chi connectivity index (χ3n) is 5.25. The van der Waals surface area contributed by atoms with Crippen LogP contribution in [0.15, 0.2) is 83.8 Å². The molecule has 0 fully saturated rings. The van der Waals surface area contributed by atoms with Crippen molar-refractivity contribution in [1.29, 1.82) is 0 Å². The zero-order chi connectivity index (χ0) is 23.1. The minimum Gasteiger partial charge on any atom is -0.350 e. The summed E-state index contributed by atoms with van der Waals surface area (Å²) in [6.07, 6.45) is 0.834. The van der Waals surface area contributed by atoms with E-state index in [9.17, 15) is 13.2 Å². The van der Waals surface area contributed by atoms with E-state index in [0.717, 1.165) is 16.7 Å². The van der Waals surface area contributed by atoms with Crippen molar-refractivity contribution in [3.8, 4) is 0 Å². The van der Waals surface area contributed by atoms with Crippen LogP contribution in [0.5, 0.6) is 0 Å². The summed E-state index contributed by atoms with van der Waals surface area (Å²) in [6.45, 7) is 3.73. The standard InChI is InChI=1S/C25H27ClN2O3S/c1-18(22-11-13-23(26)14-12-22)27-25(29)17-10-20-8-15-24(16-9-20)32(30,31)28-19(2)21-6-4-3-5-7-21/h3-9,11-16,18-19,28H,10,17H2,1-2H3,(H,27,29)/t18-,19-/m1/s1. The van der Waals surface area contributed by atoms with E-state index in [4.69, 9.17) is 11.6 Å². The number of sulfonamides is 1. The quantitative estimate of drug-likeness (QED) is 0.452. The molecule has 0 saturated heterocycles. The lowest BCUT2D eigenvalue weighted by Crippen LogP contribution is -2.27. The van der Waals surface area contributed by atoms with Crippen LogP contribution in [-0.4, -0.2) is 14.3 Å². The Morgan fingerprint density at radius 1 is 0.844 bits per heavy atom. The van der Waals surface area contributed by atoms with Crippen LogP contribution in [0.3, 0.4) is 0 Å². The van der Waals surface area contributed by atoms with Crippen LogP contribution < -0.4 is 10.0 Å². The van der Waals surface area contributed by atoms with Gasteiger partial charge in [0, 0.05) is 17.5 Å². The zero-order valence-electron chi connectivity index (χ0n) is 18.1. The van der Waals surface area contributed by atoms with Crippen LogP contribution >= 0.6 is 11.6 Å². The largest absolute Gasteiger partial charge is 0.350 e. The molecule has 0 saturated carbocycles. The Balaban J connectivity index is 1.53. The molecule has 3 aromatic carbocycles. The SMILES string of the molecule is C[C@@H](NC(=O)CCc1ccc(S(=O)(=O)N[C@H](C)c2ccccc2)cc1)c1ccc(Cl)cc1. The smallest absolute Gasteiger partial charge is 0.241 e. The second-order valence-electron chi connectivity index (χ2n) is 7.74.